The van der Waals surface area contributed by atoms with Gasteiger partial charge in [-0.2, -0.15) is 0 Å². The van der Waals surface area contributed by atoms with Crippen LogP contribution in [-0.2, 0) is 4.74 Å². The Hall–Kier alpha value is -2.13. The van der Waals surface area contributed by atoms with Gasteiger partial charge >= 0.3 is 0 Å². The lowest BCUT2D eigenvalue weighted by molar-refractivity contribution is -0.231. The summed E-state index contributed by atoms with van der Waals surface area (Å²) in [5.41, 5.74) is 3.75. The Kier molecular flexibility index (Phi) is 6.76. The van der Waals surface area contributed by atoms with Crippen LogP contribution in [0.4, 0.5) is 4.39 Å². The maximum absolute atomic E-state index is 13.2. The van der Waals surface area contributed by atoms with Crippen LogP contribution in [-0.4, -0.2) is 51.4 Å². The Balaban J connectivity index is 1.62. The van der Waals surface area contributed by atoms with Crippen LogP contribution in [0, 0.1) is 12.7 Å². The topological polar surface area (TPSA) is 90.2 Å². The van der Waals surface area contributed by atoms with Crippen molar-refractivity contribution in [2.75, 3.05) is 6.61 Å². The average molecular weight is 459 g/mol. The van der Waals surface area contributed by atoms with Crippen molar-refractivity contribution in [1.29, 1.82) is 0 Å². The average Bonchev–Trinajstić information content (AvgIpc) is 3.29. The fraction of sp³-hybridized carbons (Fsp3) is 0.360. The number of halogens is 1. The summed E-state index contributed by atoms with van der Waals surface area (Å²) in [4.78, 5) is 2.19. The molecule has 1 aromatic heterocycles. The Bertz CT molecular complexity index is 1060. The minimum atomic E-state index is -1.41. The molecule has 3 aromatic rings. The summed E-state index contributed by atoms with van der Waals surface area (Å²) in [5.74, 6) is -0.210. The Morgan fingerprint density at radius 1 is 0.969 bits per heavy atom. The second-order valence-electron chi connectivity index (χ2n) is 8.30. The number of aliphatic hydroxyl groups excluding tert-OH is 4. The highest BCUT2D eigenvalue weighted by Gasteiger charge is 2.44. The van der Waals surface area contributed by atoms with E-state index in [1.165, 1.54) is 12.1 Å². The number of benzene rings is 2. The van der Waals surface area contributed by atoms with Crippen LogP contribution < -0.4 is 0 Å². The minimum Gasteiger partial charge on any atom is -0.394 e. The quantitative estimate of drug-likeness (QED) is 0.470. The summed E-state index contributed by atoms with van der Waals surface area (Å²) in [7, 11) is 0. The summed E-state index contributed by atoms with van der Waals surface area (Å²) in [6.45, 7) is 3.65. The molecule has 0 saturated carbocycles. The molecule has 4 N–H and O–H groups in total. The molecule has 0 bridgehead atoms. The van der Waals surface area contributed by atoms with Gasteiger partial charge in [0.05, 0.1) is 6.61 Å². The van der Waals surface area contributed by atoms with E-state index in [1.807, 2.05) is 31.2 Å². The molecule has 5 nitrogen and oxygen atoms in total. The summed E-state index contributed by atoms with van der Waals surface area (Å²) in [5, 5.41) is 40.2. The molecule has 1 aliphatic rings. The predicted octanol–water partition coefficient (Wildman–Crippen LogP) is 3.53. The zero-order chi connectivity index (χ0) is 23.0. The minimum absolute atomic E-state index is 0.0547. The number of ether oxygens (including phenoxy) is 1. The first kappa shape index (κ1) is 23.0. The van der Waals surface area contributed by atoms with Gasteiger partial charge in [-0.1, -0.05) is 37.3 Å². The molecule has 0 amide bonds. The molecule has 7 heteroatoms. The predicted molar refractivity (Wildman–Crippen MR) is 121 cm³/mol. The van der Waals surface area contributed by atoms with Crippen molar-refractivity contribution in [3.8, 4) is 10.4 Å². The van der Waals surface area contributed by atoms with E-state index in [2.05, 4.69) is 13.0 Å². The van der Waals surface area contributed by atoms with Crippen molar-refractivity contribution in [2.24, 2.45) is 0 Å². The van der Waals surface area contributed by atoms with Crippen LogP contribution in [0.25, 0.3) is 10.4 Å². The lowest BCUT2D eigenvalue weighted by atomic mass is 9.87. The monoisotopic (exact) mass is 458 g/mol. The number of aryl methyl sites for hydroxylation is 1. The van der Waals surface area contributed by atoms with E-state index in [0.717, 1.165) is 26.4 Å². The molecule has 2 heterocycles. The number of hydrogen-bond acceptors (Lipinski definition) is 6. The molecule has 1 fully saturated rings. The van der Waals surface area contributed by atoms with Crippen LogP contribution in [0.15, 0.2) is 54.6 Å². The third-order valence-corrected chi connectivity index (χ3v) is 7.49. The van der Waals surface area contributed by atoms with Crippen LogP contribution in [0.3, 0.4) is 0 Å². The fourth-order valence-corrected chi connectivity index (χ4v) is 5.27. The first-order valence-electron chi connectivity index (χ1n) is 10.6. The first-order chi connectivity index (χ1) is 15.3. The standard InChI is InChI=1S/C25H27FO5S/c1-13-3-4-16(25-24(30)23(29)22(28)19(12-27)31-25)11-18(13)14(2)20-9-10-21(32-20)15-5-7-17(26)8-6-15/h3-11,14,19,22-25,27-30H,12H2,1-2H3/t14?,19-,22-,23+,24-,25+/m1/s1. The molecular weight excluding hydrogens is 431 g/mol. The van der Waals surface area contributed by atoms with E-state index in [-0.39, 0.29) is 11.7 Å². The van der Waals surface area contributed by atoms with Crippen molar-refractivity contribution in [2.45, 2.75) is 50.3 Å². The van der Waals surface area contributed by atoms with Gasteiger partial charge in [0.25, 0.3) is 0 Å². The molecule has 6 atom stereocenters. The SMILES string of the molecule is Cc1ccc([C@@H]2O[C@H](CO)[C@@H](O)[C@H](O)[C@H]2O)cc1C(C)c1ccc(-c2ccc(F)cc2)s1. The van der Waals surface area contributed by atoms with Crippen molar-refractivity contribution in [3.63, 3.8) is 0 Å². The molecule has 1 saturated heterocycles. The van der Waals surface area contributed by atoms with Gasteiger partial charge in [-0.3, -0.25) is 0 Å². The van der Waals surface area contributed by atoms with Gasteiger partial charge in [0.1, 0.15) is 36.3 Å². The normalized spacial score (nSPS) is 26.8. The van der Waals surface area contributed by atoms with Gasteiger partial charge in [0.15, 0.2) is 0 Å². The number of hydrogen-bond donors (Lipinski definition) is 4. The summed E-state index contributed by atoms with van der Waals surface area (Å²) in [6, 6.07) is 16.2. The largest absolute Gasteiger partial charge is 0.394 e. The molecule has 1 aliphatic heterocycles. The van der Waals surface area contributed by atoms with Crippen molar-refractivity contribution < 1.29 is 29.6 Å². The third-order valence-electron chi connectivity index (χ3n) is 6.17. The molecular formula is C25H27FO5S. The highest BCUT2D eigenvalue weighted by molar-refractivity contribution is 7.15. The van der Waals surface area contributed by atoms with E-state index in [9.17, 15) is 24.8 Å². The van der Waals surface area contributed by atoms with Crippen LogP contribution in [0.5, 0.6) is 0 Å². The molecule has 32 heavy (non-hydrogen) atoms. The molecule has 0 spiro atoms. The van der Waals surface area contributed by atoms with Crippen molar-refractivity contribution in [1.82, 2.24) is 0 Å². The van der Waals surface area contributed by atoms with E-state index < -0.39 is 37.1 Å². The first-order valence-corrected chi connectivity index (χ1v) is 11.4. The van der Waals surface area contributed by atoms with Gasteiger partial charge in [0, 0.05) is 15.7 Å². The smallest absolute Gasteiger partial charge is 0.123 e. The Morgan fingerprint density at radius 3 is 2.38 bits per heavy atom. The Labute approximate surface area is 190 Å². The second kappa shape index (κ2) is 9.39. The molecule has 0 aliphatic carbocycles. The fourth-order valence-electron chi connectivity index (χ4n) is 4.19. The third kappa shape index (κ3) is 4.37. The van der Waals surface area contributed by atoms with E-state index in [0.29, 0.717) is 5.56 Å². The molecule has 0 radical (unpaired) electrons. The van der Waals surface area contributed by atoms with Crippen molar-refractivity contribution in [3.05, 3.63) is 82.0 Å². The number of thiophene rings is 1. The summed E-state index contributed by atoms with van der Waals surface area (Å²) >= 11 is 1.64. The zero-order valence-corrected chi connectivity index (χ0v) is 18.7. The maximum atomic E-state index is 13.2. The van der Waals surface area contributed by atoms with Crippen LogP contribution in [0.1, 0.15) is 40.5 Å². The van der Waals surface area contributed by atoms with E-state index in [1.54, 1.807) is 23.5 Å². The summed E-state index contributed by atoms with van der Waals surface area (Å²) in [6.07, 6.45) is -5.92. The lowest BCUT2D eigenvalue weighted by Gasteiger charge is -2.40. The number of rotatable bonds is 5. The maximum Gasteiger partial charge on any atom is 0.123 e. The van der Waals surface area contributed by atoms with E-state index in [4.69, 9.17) is 4.74 Å². The number of aliphatic hydroxyl groups is 4. The van der Waals surface area contributed by atoms with Gasteiger partial charge < -0.3 is 25.2 Å². The van der Waals surface area contributed by atoms with Gasteiger partial charge in [-0.05, 0) is 53.4 Å². The Morgan fingerprint density at radius 2 is 1.69 bits per heavy atom. The van der Waals surface area contributed by atoms with Crippen molar-refractivity contribution >= 4 is 11.3 Å². The lowest BCUT2D eigenvalue weighted by Crippen LogP contribution is -2.55. The highest BCUT2D eigenvalue weighted by Crippen LogP contribution is 2.39. The molecule has 2 aromatic carbocycles. The molecule has 1 unspecified atom stereocenters. The van der Waals surface area contributed by atoms with Gasteiger partial charge in [-0.15, -0.1) is 11.3 Å². The molecule has 4 rings (SSSR count). The van der Waals surface area contributed by atoms with Gasteiger partial charge in [-0.25, -0.2) is 4.39 Å². The molecule has 170 valence electrons. The van der Waals surface area contributed by atoms with Crippen LogP contribution in [0.2, 0.25) is 0 Å². The zero-order valence-electron chi connectivity index (χ0n) is 17.9. The highest BCUT2D eigenvalue weighted by atomic mass is 32.1. The van der Waals surface area contributed by atoms with E-state index >= 15 is 0 Å². The van der Waals surface area contributed by atoms with Gasteiger partial charge in [0.2, 0.25) is 0 Å². The second-order valence-corrected chi connectivity index (χ2v) is 9.41. The van der Waals surface area contributed by atoms with Crippen LogP contribution >= 0.6 is 11.3 Å². The summed E-state index contributed by atoms with van der Waals surface area (Å²) < 4.78 is 19.0.